The van der Waals surface area contributed by atoms with E-state index >= 15 is 0 Å². The Labute approximate surface area is 95.9 Å². The minimum absolute atomic E-state index is 0.302. The first kappa shape index (κ1) is 12.8. The number of hydrogen-bond donors (Lipinski definition) is 1. The summed E-state index contributed by atoms with van der Waals surface area (Å²) >= 11 is 0. The first-order valence-electron chi connectivity index (χ1n) is 5.61. The van der Waals surface area contributed by atoms with Crippen LogP contribution < -0.4 is 10.2 Å². The van der Waals surface area contributed by atoms with Crippen LogP contribution in [0.1, 0.15) is 19.5 Å². The lowest BCUT2D eigenvalue weighted by molar-refractivity contribution is 0.585. The number of likely N-dealkylation sites (N-methyl/N-ethyl adjacent to an activating group) is 2. The van der Waals surface area contributed by atoms with Gasteiger partial charge in [-0.2, -0.15) is 0 Å². The van der Waals surface area contributed by atoms with Crippen molar-refractivity contribution >= 4 is 5.82 Å². The highest BCUT2D eigenvalue weighted by Gasteiger charge is 2.12. The summed E-state index contributed by atoms with van der Waals surface area (Å²) in [5.74, 6) is 0.0775. The first-order valence-corrected chi connectivity index (χ1v) is 5.61. The Bertz CT molecular complexity index is 330. The molecule has 0 saturated heterocycles. The molecule has 5 heteroatoms. The van der Waals surface area contributed by atoms with Gasteiger partial charge >= 0.3 is 0 Å². The van der Waals surface area contributed by atoms with Gasteiger partial charge in [-0.15, -0.1) is 0 Å². The molecule has 0 amide bonds. The van der Waals surface area contributed by atoms with Crippen molar-refractivity contribution in [3.8, 4) is 0 Å². The minimum atomic E-state index is -0.302. The van der Waals surface area contributed by atoms with Crippen molar-refractivity contribution in [1.29, 1.82) is 0 Å². The van der Waals surface area contributed by atoms with Gasteiger partial charge in [-0.25, -0.2) is 14.4 Å². The number of aryl methyl sites for hydroxylation is 1. The molecule has 0 unspecified atom stereocenters. The summed E-state index contributed by atoms with van der Waals surface area (Å²) in [6, 6.07) is 0. The largest absolute Gasteiger partial charge is 0.356 e. The van der Waals surface area contributed by atoms with E-state index in [2.05, 4.69) is 15.3 Å². The third kappa shape index (κ3) is 3.13. The molecule has 1 aromatic rings. The van der Waals surface area contributed by atoms with E-state index in [1.54, 1.807) is 4.90 Å². The Morgan fingerprint density at radius 3 is 2.75 bits per heavy atom. The SMILES string of the molecule is CCNCCN(C)c1ncnc(CC)c1F. The zero-order valence-electron chi connectivity index (χ0n) is 10.1. The van der Waals surface area contributed by atoms with Gasteiger partial charge in [0.2, 0.25) is 0 Å². The molecule has 1 heterocycles. The molecule has 16 heavy (non-hydrogen) atoms. The third-order valence-corrected chi connectivity index (χ3v) is 2.41. The van der Waals surface area contributed by atoms with Gasteiger partial charge in [-0.3, -0.25) is 0 Å². The van der Waals surface area contributed by atoms with E-state index in [1.807, 2.05) is 20.9 Å². The average molecular weight is 226 g/mol. The normalized spacial score (nSPS) is 10.5. The molecule has 90 valence electrons. The summed E-state index contributed by atoms with van der Waals surface area (Å²) in [4.78, 5) is 9.69. The fourth-order valence-electron chi connectivity index (χ4n) is 1.44. The molecule has 1 aromatic heterocycles. The fourth-order valence-corrected chi connectivity index (χ4v) is 1.44. The van der Waals surface area contributed by atoms with Gasteiger partial charge in [-0.1, -0.05) is 13.8 Å². The Hall–Kier alpha value is -1.23. The number of nitrogens with one attached hydrogen (secondary N) is 1. The smallest absolute Gasteiger partial charge is 0.187 e. The quantitative estimate of drug-likeness (QED) is 0.741. The lowest BCUT2D eigenvalue weighted by Gasteiger charge is -2.19. The standard InChI is InChI=1S/C11H19FN4/c1-4-9-10(12)11(15-8-14-9)16(3)7-6-13-5-2/h8,13H,4-7H2,1-3H3. The van der Waals surface area contributed by atoms with Crippen LogP contribution in [0.5, 0.6) is 0 Å². The van der Waals surface area contributed by atoms with Crippen LogP contribution in [-0.4, -0.2) is 36.6 Å². The Kier molecular flexibility index (Phi) is 5.11. The topological polar surface area (TPSA) is 41.0 Å². The van der Waals surface area contributed by atoms with E-state index in [-0.39, 0.29) is 5.82 Å². The maximum atomic E-state index is 13.8. The molecule has 0 fully saturated rings. The van der Waals surface area contributed by atoms with Crippen LogP contribution >= 0.6 is 0 Å². The molecule has 0 atom stereocenters. The highest BCUT2D eigenvalue weighted by Crippen LogP contribution is 2.16. The van der Waals surface area contributed by atoms with Crippen LogP contribution in [0, 0.1) is 5.82 Å². The summed E-state index contributed by atoms with van der Waals surface area (Å²) in [7, 11) is 1.84. The molecule has 0 saturated carbocycles. The van der Waals surface area contributed by atoms with Crippen LogP contribution in [0.3, 0.4) is 0 Å². The Morgan fingerprint density at radius 2 is 2.12 bits per heavy atom. The summed E-state index contributed by atoms with van der Waals surface area (Å²) in [5, 5.41) is 3.19. The van der Waals surface area contributed by atoms with Crippen molar-refractivity contribution in [2.75, 3.05) is 31.6 Å². The Morgan fingerprint density at radius 1 is 1.38 bits per heavy atom. The third-order valence-electron chi connectivity index (χ3n) is 2.41. The highest BCUT2D eigenvalue weighted by molar-refractivity contribution is 5.39. The predicted molar refractivity (Wildman–Crippen MR) is 63.2 cm³/mol. The van der Waals surface area contributed by atoms with Crippen LogP contribution in [0.15, 0.2) is 6.33 Å². The minimum Gasteiger partial charge on any atom is -0.356 e. The fraction of sp³-hybridized carbons (Fsp3) is 0.636. The number of anilines is 1. The molecule has 1 rings (SSSR count). The van der Waals surface area contributed by atoms with E-state index in [0.717, 1.165) is 19.6 Å². The van der Waals surface area contributed by atoms with Crippen molar-refractivity contribution in [2.24, 2.45) is 0 Å². The molecular formula is C11H19FN4. The molecule has 0 aromatic carbocycles. The van der Waals surface area contributed by atoms with E-state index in [0.29, 0.717) is 17.9 Å². The molecule has 1 N–H and O–H groups in total. The van der Waals surface area contributed by atoms with Gasteiger partial charge < -0.3 is 10.2 Å². The second-order valence-corrected chi connectivity index (χ2v) is 3.59. The van der Waals surface area contributed by atoms with Gasteiger partial charge in [0.25, 0.3) is 0 Å². The second kappa shape index (κ2) is 6.37. The van der Waals surface area contributed by atoms with Crippen molar-refractivity contribution in [2.45, 2.75) is 20.3 Å². The summed E-state index contributed by atoms with van der Waals surface area (Å²) in [6.07, 6.45) is 2.00. The van der Waals surface area contributed by atoms with Crippen LogP contribution in [0.25, 0.3) is 0 Å². The Balaban J connectivity index is 2.71. The molecule has 0 radical (unpaired) electrons. The van der Waals surface area contributed by atoms with Crippen LogP contribution in [0.4, 0.5) is 10.2 Å². The first-order chi connectivity index (χ1) is 7.70. The van der Waals surface area contributed by atoms with E-state index in [9.17, 15) is 4.39 Å². The maximum absolute atomic E-state index is 13.8. The maximum Gasteiger partial charge on any atom is 0.187 e. The van der Waals surface area contributed by atoms with E-state index in [1.165, 1.54) is 6.33 Å². The number of rotatable bonds is 6. The number of halogens is 1. The highest BCUT2D eigenvalue weighted by atomic mass is 19.1. The number of nitrogens with zero attached hydrogens (tertiary/aromatic N) is 3. The zero-order chi connectivity index (χ0) is 12.0. The molecule has 0 aliphatic rings. The van der Waals surface area contributed by atoms with Gasteiger partial charge in [0.15, 0.2) is 11.6 Å². The second-order valence-electron chi connectivity index (χ2n) is 3.59. The van der Waals surface area contributed by atoms with Crippen molar-refractivity contribution in [3.05, 3.63) is 17.8 Å². The summed E-state index contributed by atoms with van der Waals surface area (Å²) in [6.45, 7) is 6.39. The average Bonchev–Trinajstić information content (AvgIpc) is 2.29. The summed E-state index contributed by atoms with van der Waals surface area (Å²) < 4.78 is 13.8. The van der Waals surface area contributed by atoms with Crippen molar-refractivity contribution in [3.63, 3.8) is 0 Å². The van der Waals surface area contributed by atoms with E-state index in [4.69, 9.17) is 0 Å². The van der Waals surface area contributed by atoms with Gasteiger partial charge in [0, 0.05) is 20.1 Å². The monoisotopic (exact) mass is 226 g/mol. The number of aromatic nitrogens is 2. The lowest BCUT2D eigenvalue weighted by Crippen LogP contribution is -2.30. The summed E-state index contributed by atoms with van der Waals surface area (Å²) in [5.41, 5.74) is 0.473. The molecule has 0 aliphatic heterocycles. The van der Waals surface area contributed by atoms with Crippen LogP contribution in [0.2, 0.25) is 0 Å². The predicted octanol–water partition coefficient (Wildman–Crippen LogP) is 1.22. The molecule has 0 aliphatic carbocycles. The van der Waals surface area contributed by atoms with Gasteiger partial charge in [0.05, 0.1) is 5.69 Å². The van der Waals surface area contributed by atoms with Crippen molar-refractivity contribution in [1.82, 2.24) is 15.3 Å². The molecular weight excluding hydrogens is 207 g/mol. The molecule has 0 bridgehead atoms. The molecule has 4 nitrogen and oxygen atoms in total. The lowest BCUT2D eigenvalue weighted by atomic mass is 10.3. The van der Waals surface area contributed by atoms with Crippen LogP contribution in [-0.2, 0) is 6.42 Å². The van der Waals surface area contributed by atoms with E-state index < -0.39 is 0 Å². The van der Waals surface area contributed by atoms with Gasteiger partial charge in [-0.05, 0) is 13.0 Å². The molecule has 0 spiro atoms. The number of hydrogen-bond acceptors (Lipinski definition) is 4. The van der Waals surface area contributed by atoms with Gasteiger partial charge in [0.1, 0.15) is 6.33 Å². The zero-order valence-corrected chi connectivity index (χ0v) is 10.1. The van der Waals surface area contributed by atoms with Crippen molar-refractivity contribution < 1.29 is 4.39 Å².